The summed E-state index contributed by atoms with van der Waals surface area (Å²) in [6.07, 6.45) is 7.44. The van der Waals surface area contributed by atoms with E-state index in [0.29, 0.717) is 13.1 Å². The fourth-order valence-electron chi connectivity index (χ4n) is 2.75. The minimum absolute atomic E-state index is 0.553. The Morgan fingerprint density at radius 2 is 1.80 bits per heavy atom. The van der Waals surface area contributed by atoms with Gasteiger partial charge in [-0.3, -0.25) is 4.68 Å². The van der Waals surface area contributed by atoms with Crippen LogP contribution in [0.1, 0.15) is 16.7 Å². The van der Waals surface area contributed by atoms with Crippen molar-refractivity contribution in [2.75, 3.05) is 6.54 Å². The third kappa shape index (κ3) is 6.93. The molecule has 3 N–H and O–H groups in total. The zero-order valence-electron chi connectivity index (χ0n) is 16.6. The molecular weight excluding hydrogens is 382 g/mol. The van der Waals surface area contributed by atoms with E-state index in [9.17, 15) is 0 Å². The summed E-state index contributed by atoms with van der Waals surface area (Å²) in [5, 5.41) is 22.9. The molecule has 0 saturated heterocycles. The molecule has 0 unspecified atom stereocenters. The number of benzene rings is 2. The van der Waals surface area contributed by atoms with Gasteiger partial charge in [-0.25, -0.2) is 9.59 Å². The molecule has 3 aromatic rings. The summed E-state index contributed by atoms with van der Waals surface area (Å²) in [5.74, 6) is -1.03. The van der Waals surface area contributed by atoms with E-state index in [1.807, 2.05) is 10.7 Å². The van der Waals surface area contributed by atoms with Crippen LogP contribution >= 0.6 is 0 Å². The highest BCUT2D eigenvalue weighted by Gasteiger charge is 2.11. The Labute approximate surface area is 175 Å². The Morgan fingerprint density at radius 3 is 2.40 bits per heavy atom. The van der Waals surface area contributed by atoms with E-state index in [2.05, 4.69) is 72.9 Å². The van der Waals surface area contributed by atoms with E-state index in [4.69, 9.17) is 31.3 Å². The van der Waals surface area contributed by atoms with Crippen LogP contribution in [0.5, 0.6) is 0 Å². The molecule has 7 heteroatoms. The van der Waals surface area contributed by atoms with Crippen molar-refractivity contribution in [2.24, 2.45) is 0 Å². The molecule has 0 spiro atoms. The van der Waals surface area contributed by atoms with Gasteiger partial charge in [-0.05, 0) is 18.6 Å². The molecule has 3 rings (SSSR count). The predicted octanol–water partition coefficient (Wildman–Crippen LogP) is 2.79. The van der Waals surface area contributed by atoms with Crippen LogP contribution in [0.25, 0.3) is 11.3 Å². The maximum atomic E-state index is 9.10. The molecule has 0 aliphatic carbocycles. The van der Waals surface area contributed by atoms with Crippen LogP contribution in [-0.2, 0) is 22.7 Å². The van der Waals surface area contributed by atoms with Crippen LogP contribution in [-0.4, -0.2) is 38.5 Å². The molecule has 0 radical (unpaired) electrons. The van der Waals surface area contributed by atoms with Crippen LogP contribution < -0.4 is 5.32 Å². The third-order valence-corrected chi connectivity index (χ3v) is 4.04. The number of carbonyl (C=O) groups is 2. The van der Waals surface area contributed by atoms with Crippen molar-refractivity contribution in [3.8, 4) is 23.6 Å². The van der Waals surface area contributed by atoms with E-state index in [0.717, 1.165) is 23.4 Å². The second-order valence-electron chi connectivity index (χ2n) is 6.47. The van der Waals surface area contributed by atoms with Gasteiger partial charge in [-0.15, -0.1) is 6.42 Å². The number of terminal acetylenes is 1. The van der Waals surface area contributed by atoms with Crippen molar-refractivity contribution in [3.63, 3.8) is 0 Å². The van der Waals surface area contributed by atoms with Crippen molar-refractivity contribution in [1.29, 1.82) is 0 Å². The van der Waals surface area contributed by atoms with Crippen LogP contribution in [0.15, 0.2) is 60.8 Å². The number of hydrogen-bond donors (Lipinski definition) is 3. The molecule has 154 valence electrons. The lowest BCUT2D eigenvalue weighted by molar-refractivity contribution is -0.159. The number of carboxylic acid groups (broad SMARTS) is 2. The van der Waals surface area contributed by atoms with Crippen molar-refractivity contribution < 1.29 is 19.8 Å². The van der Waals surface area contributed by atoms with Gasteiger partial charge in [0.25, 0.3) is 0 Å². The number of aliphatic carboxylic acids is 2. The highest BCUT2D eigenvalue weighted by Crippen LogP contribution is 2.23. The number of nitrogens with one attached hydrogen (secondary N) is 1. The van der Waals surface area contributed by atoms with Gasteiger partial charge in [-0.1, -0.05) is 60.0 Å². The summed E-state index contributed by atoms with van der Waals surface area (Å²) in [7, 11) is 0. The lowest BCUT2D eigenvalue weighted by Crippen LogP contribution is -2.13. The minimum atomic E-state index is -1.82. The van der Waals surface area contributed by atoms with E-state index < -0.39 is 11.9 Å². The normalized spacial score (nSPS) is 9.87. The number of nitrogens with zero attached hydrogens (tertiary/aromatic N) is 2. The molecule has 1 aromatic heterocycles. The molecule has 0 bridgehead atoms. The first kappa shape index (κ1) is 22.4. The molecule has 0 amide bonds. The highest BCUT2D eigenvalue weighted by atomic mass is 16.4. The molecule has 7 nitrogen and oxygen atoms in total. The molecule has 30 heavy (non-hydrogen) atoms. The molecule has 0 aliphatic rings. The maximum absolute atomic E-state index is 9.10. The molecule has 0 atom stereocenters. The molecule has 2 aromatic carbocycles. The first-order chi connectivity index (χ1) is 14.4. The van der Waals surface area contributed by atoms with Crippen LogP contribution in [0.3, 0.4) is 0 Å². The van der Waals surface area contributed by atoms with Gasteiger partial charge in [0.2, 0.25) is 0 Å². The predicted molar refractivity (Wildman–Crippen MR) is 114 cm³/mol. The fraction of sp³-hybridized carbons (Fsp3) is 0.174. The van der Waals surface area contributed by atoms with Crippen molar-refractivity contribution in [3.05, 3.63) is 77.5 Å². The molecule has 0 fully saturated rings. The quantitative estimate of drug-likeness (QED) is 0.331. The zero-order chi connectivity index (χ0) is 21.9. The maximum Gasteiger partial charge on any atom is 0.414 e. The van der Waals surface area contributed by atoms with Crippen molar-refractivity contribution in [1.82, 2.24) is 15.1 Å². The average Bonchev–Trinajstić information content (AvgIpc) is 3.12. The summed E-state index contributed by atoms with van der Waals surface area (Å²) < 4.78 is 2.00. The van der Waals surface area contributed by atoms with E-state index in [1.54, 1.807) is 0 Å². The third-order valence-electron chi connectivity index (χ3n) is 4.04. The van der Waals surface area contributed by atoms with Gasteiger partial charge in [-0.2, -0.15) is 5.10 Å². The minimum Gasteiger partial charge on any atom is -0.473 e. The summed E-state index contributed by atoms with van der Waals surface area (Å²) >= 11 is 0. The number of hydrogen-bond acceptors (Lipinski definition) is 4. The summed E-state index contributed by atoms with van der Waals surface area (Å²) in [4.78, 5) is 18.2. The fourth-order valence-corrected chi connectivity index (χ4v) is 2.75. The van der Waals surface area contributed by atoms with Crippen LogP contribution in [0, 0.1) is 19.3 Å². The monoisotopic (exact) mass is 405 g/mol. The Morgan fingerprint density at radius 1 is 1.10 bits per heavy atom. The lowest BCUT2D eigenvalue weighted by Gasteiger charge is -2.03. The standard InChI is InChI=1S/C21H21N3.C2H2O4/c1-3-12-22-14-20-16-24(15-18-9-5-4-6-10-18)23-21(20)19-11-7-8-17(2)13-19;3-1(4)2(5)6/h1,4-11,13,16,22H,12,14-15H2,2H3;(H,3,4)(H,5,6). The number of rotatable bonds is 6. The SMILES string of the molecule is C#CCNCc1cn(Cc2ccccc2)nc1-c1cccc(C)c1.O=C(O)C(=O)O. The van der Waals surface area contributed by atoms with Crippen molar-refractivity contribution in [2.45, 2.75) is 20.0 Å². The van der Waals surface area contributed by atoms with Gasteiger partial charge in [0.15, 0.2) is 0 Å². The van der Waals surface area contributed by atoms with E-state index in [1.165, 1.54) is 11.1 Å². The van der Waals surface area contributed by atoms with Gasteiger partial charge in [0.05, 0.1) is 18.8 Å². The van der Waals surface area contributed by atoms with Crippen LogP contribution in [0.2, 0.25) is 0 Å². The molecule has 0 aliphatic heterocycles. The Bertz CT molecular complexity index is 1020. The second kappa shape index (κ2) is 11.2. The van der Waals surface area contributed by atoms with E-state index in [-0.39, 0.29) is 0 Å². The number of carboxylic acids is 2. The lowest BCUT2D eigenvalue weighted by atomic mass is 10.1. The first-order valence-corrected chi connectivity index (χ1v) is 9.18. The largest absolute Gasteiger partial charge is 0.473 e. The second-order valence-corrected chi connectivity index (χ2v) is 6.47. The topological polar surface area (TPSA) is 104 Å². The van der Waals surface area contributed by atoms with Crippen molar-refractivity contribution >= 4 is 11.9 Å². The number of aryl methyl sites for hydroxylation is 1. The van der Waals surface area contributed by atoms with Gasteiger partial charge < -0.3 is 15.5 Å². The van der Waals surface area contributed by atoms with Gasteiger partial charge in [0.1, 0.15) is 0 Å². The summed E-state index contributed by atoms with van der Waals surface area (Å²) in [5.41, 5.74) is 5.77. The zero-order valence-corrected chi connectivity index (χ0v) is 16.6. The summed E-state index contributed by atoms with van der Waals surface area (Å²) in [6, 6.07) is 18.8. The first-order valence-electron chi connectivity index (χ1n) is 9.18. The smallest absolute Gasteiger partial charge is 0.414 e. The number of aromatic nitrogens is 2. The van der Waals surface area contributed by atoms with Gasteiger partial charge >= 0.3 is 11.9 Å². The average molecular weight is 405 g/mol. The Balaban J connectivity index is 0.000000469. The Hall–Kier alpha value is -3.89. The highest BCUT2D eigenvalue weighted by molar-refractivity contribution is 6.27. The molecular formula is C23H23N3O4. The molecule has 0 saturated carbocycles. The Kier molecular flexibility index (Phi) is 8.36. The van der Waals surface area contributed by atoms with Gasteiger partial charge in [0, 0.05) is 23.9 Å². The summed E-state index contributed by atoms with van der Waals surface area (Å²) in [6.45, 7) is 4.12. The van der Waals surface area contributed by atoms with E-state index >= 15 is 0 Å². The molecule has 1 heterocycles. The van der Waals surface area contributed by atoms with Crippen LogP contribution in [0.4, 0.5) is 0 Å².